The summed E-state index contributed by atoms with van der Waals surface area (Å²) in [6.07, 6.45) is 16.7. The number of carbonyl (C=O) groups excluding carboxylic acids is 1. The molecule has 4 rings (SSSR count). The molecule has 0 radical (unpaired) electrons. The van der Waals surface area contributed by atoms with Gasteiger partial charge in [-0.3, -0.25) is 14.8 Å². The fraction of sp³-hybridized carbons (Fsp3) is 0.269. The molecule has 0 spiro atoms. The number of hydrogen-bond donors (Lipinski definition) is 1. The zero-order valence-electron chi connectivity index (χ0n) is 18.6. The number of amides is 1. The molecular formula is C26H25ClFN4O-. The van der Waals surface area contributed by atoms with Crippen LogP contribution in [0.3, 0.4) is 0 Å². The fourth-order valence-corrected chi connectivity index (χ4v) is 4.22. The molecular weight excluding hydrogens is 439 g/mol. The fourth-order valence-electron chi connectivity index (χ4n) is 4.02. The molecule has 1 aromatic heterocycles. The van der Waals surface area contributed by atoms with Gasteiger partial charge in [0.2, 0.25) is 5.91 Å². The van der Waals surface area contributed by atoms with E-state index in [4.69, 9.17) is 11.6 Å². The lowest BCUT2D eigenvalue weighted by atomic mass is 9.87. The zero-order chi connectivity index (χ0) is 23.4. The van der Waals surface area contributed by atoms with Gasteiger partial charge in [0.25, 0.3) is 0 Å². The molecule has 2 aromatic rings. The van der Waals surface area contributed by atoms with E-state index >= 15 is 0 Å². The molecule has 1 aliphatic carbocycles. The van der Waals surface area contributed by atoms with E-state index in [9.17, 15) is 9.18 Å². The van der Waals surface area contributed by atoms with Gasteiger partial charge in [0.05, 0.1) is 5.92 Å². The predicted octanol–water partition coefficient (Wildman–Crippen LogP) is 5.68. The van der Waals surface area contributed by atoms with Gasteiger partial charge in [0, 0.05) is 53.3 Å². The van der Waals surface area contributed by atoms with Crippen LogP contribution in [0, 0.1) is 17.7 Å². The molecule has 0 saturated carbocycles. The number of halogens is 2. The smallest absolute Gasteiger partial charge is 0.226 e. The number of rotatable bonds is 7. The minimum atomic E-state index is -0.422. The van der Waals surface area contributed by atoms with E-state index in [-0.39, 0.29) is 12.5 Å². The summed E-state index contributed by atoms with van der Waals surface area (Å²) in [5, 5.41) is 3.95. The third-order valence-electron chi connectivity index (χ3n) is 5.76. The van der Waals surface area contributed by atoms with Crippen molar-refractivity contribution in [3.05, 3.63) is 82.1 Å². The summed E-state index contributed by atoms with van der Waals surface area (Å²) in [4.78, 5) is 25.7. The van der Waals surface area contributed by atoms with E-state index in [1.807, 2.05) is 38.3 Å². The first kappa shape index (κ1) is 22.9. The molecule has 0 bridgehead atoms. The summed E-state index contributed by atoms with van der Waals surface area (Å²) in [5.41, 5.74) is 4.01. The third kappa shape index (κ3) is 5.40. The Kier molecular flexibility index (Phi) is 7.04. The van der Waals surface area contributed by atoms with E-state index in [1.165, 1.54) is 17.8 Å². The number of aromatic nitrogens is 1. The first-order valence-corrected chi connectivity index (χ1v) is 11.3. The number of dihydropyridines is 1. The van der Waals surface area contributed by atoms with E-state index in [2.05, 4.69) is 32.4 Å². The summed E-state index contributed by atoms with van der Waals surface area (Å²) in [7, 11) is 0. The van der Waals surface area contributed by atoms with Crippen LogP contribution >= 0.6 is 11.6 Å². The van der Waals surface area contributed by atoms with E-state index in [1.54, 1.807) is 12.3 Å². The summed E-state index contributed by atoms with van der Waals surface area (Å²) in [6.45, 7) is 3.73. The Morgan fingerprint density at radius 1 is 1.42 bits per heavy atom. The molecule has 2 heterocycles. The van der Waals surface area contributed by atoms with Crippen LogP contribution in [0.1, 0.15) is 32.3 Å². The van der Waals surface area contributed by atoms with Crippen molar-refractivity contribution >= 4 is 40.8 Å². The lowest BCUT2D eigenvalue weighted by Crippen LogP contribution is -2.28. The van der Waals surface area contributed by atoms with Crippen molar-refractivity contribution in [1.29, 1.82) is 0 Å². The van der Waals surface area contributed by atoms with E-state index < -0.39 is 11.7 Å². The van der Waals surface area contributed by atoms with Crippen molar-refractivity contribution in [3.63, 3.8) is 0 Å². The lowest BCUT2D eigenvalue weighted by Gasteiger charge is -2.22. The molecule has 2 aliphatic rings. The molecule has 0 saturated heterocycles. The Bertz CT molecular complexity index is 1250. The third-order valence-corrected chi connectivity index (χ3v) is 6.06. The number of fused-ring (bicyclic) bond motifs is 2. The summed E-state index contributed by atoms with van der Waals surface area (Å²) < 4.78 is 14.4. The minimum Gasteiger partial charge on any atom is -0.662 e. The monoisotopic (exact) mass is 463 g/mol. The summed E-state index contributed by atoms with van der Waals surface area (Å²) in [6, 6.07) is 2.97. The highest BCUT2D eigenvalue weighted by molar-refractivity contribution is 6.35. The maximum absolute atomic E-state index is 14.4. The molecule has 2 unspecified atom stereocenters. The SMILES string of the molecule is CC=N/C(=C\C(C)C(=O)NCc1cc2c(Cl)c[n-]c2cc1F)CC1=CC=C2N=CC=CC2C1. The Balaban J connectivity index is 1.41. The van der Waals surface area contributed by atoms with E-state index in [0.717, 1.165) is 17.8 Å². The second kappa shape index (κ2) is 10.1. The van der Waals surface area contributed by atoms with Gasteiger partial charge in [-0.25, -0.2) is 4.39 Å². The minimum absolute atomic E-state index is 0.0694. The highest BCUT2D eigenvalue weighted by Crippen LogP contribution is 2.32. The van der Waals surface area contributed by atoms with Crippen LogP contribution in [-0.2, 0) is 11.3 Å². The second-order valence-electron chi connectivity index (χ2n) is 8.19. The van der Waals surface area contributed by atoms with E-state index in [0.29, 0.717) is 33.8 Å². The van der Waals surface area contributed by atoms with Gasteiger partial charge in [-0.2, -0.15) is 6.20 Å². The molecule has 33 heavy (non-hydrogen) atoms. The van der Waals surface area contributed by atoms with Crippen LogP contribution in [0.5, 0.6) is 0 Å². The van der Waals surface area contributed by atoms with Crippen molar-refractivity contribution in [1.82, 2.24) is 10.3 Å². The first-order chi connectivity index (χ1) is 15.9. The molecule has 170 valence electrons. The van der Waals surface area contributed by atoms with Gasteiger partial charge in [0.1, 0.15) is 5.82 Å². The van der Waals surface area contributed by atoms with Crippen molar-refractivity contribution in [2.24, 2.45) is 21.8 Å². The van der Waals surface area contributed by atoms with Crippen molar-refractivity contribution in [2.75, 3.05) is 0 Å². The van der Waals surface area contributed by atoms with Crippen LogP contribution < -0.4 is 10.3 Å². The van der Waals surface area contributed by atoms with Crippen molar-refractivity contribution in [2.45, 2.75) is 33.2 Å². The number of carbonyl (C=O) groups is 1. The normalized spacial score (nSPS) is 18.9. The van der Waals surface area contributed by atoms with Gasteiger partial charge < -0.3 is 10.3 Å². The van der Waals surface area contributed by atoms with Crippen molar-refractivity contribution < 1.29 is 9.18 Å². The largest absolute Gasteiger partial charge is 0.662 e. The Morgan fingerprint density at radius 2 is 2.27 bits per heavy atom. The van der Waals surface area contributed by atoms with Gasteiger partial charge in [-0.05, 0) is 43.0 Å². The maximum atomic E-state index is 14.4. The van der Waals surface area contributed by atoms with Crippen LogP contribution in [0.2, 0.25) is 5.02 Å². The molecule has 2 atom stereocenters. The number of nitrogens with one attached hydrogen (secondary N) is 1. The summed E-state index contributed by atoms with van der Waals surface area (Å²) >= 11 is 6.10. The van der Waals surface area contributed by atoms with Gasteiger partial charge in [-0.1, -0.05) is 42.3 Å². The quantitative estimate of drug-likeness (QED) is 0.537. The Labute approximate surface area is 197 Å². The van der Waals surface area contributed by atoms with Gasteiger partial charge in [-0.15, -0.1) is 5.52 Å². The number of benzene rings is 1. The van der Waals surface area contributed by atoms with Crippen LogP contribution in [0.4, 0.5) is 4.39 Å². The molecule has 7 heteroatoms. The molecule has 1 N–H and O–H groups in total. The van der Waals surface area contributed by atoms with Crippen LogP contribution in [-0.4, -0.2) is 18.3 Å². The van der Waals surface area contributed by atoms with Gasteiger partial charge in [0.15, 0.2) is 0 Å². The molecule has 1 aromatic carbocycles. The summed E-state index contributed by atoms with van der Waals surface area (Å²) in [5.74, 6) is -0.751. The Morgan fingerprint density at radius 3 is 3.09 bits per heavy atom. The average Bonchev–Trinajstić information content (AvgIpc) is 3.16. The Hall–Kier alpha value is -3.25. The van der Waals surface area contributed by atoms with Crippen LogP contribution in [0.25, 0.3) is 10.9 Å². The first-order valence-electron chi connectivity index (χ1n) is 10.9. The number of nitrogens with zero attached hydrogens (tertiary/aromatic N) is 3. The highest BCUT2D eigenvalue weighted by Gasteiger charge is 2.19. The standard InChI is InChI=1S/C26H25ClFN4O/c1-3-29-20(11-17-6-7-24-18(10-17)5-4-8-30-24)9-16(2)26(33)32-14-19-12-21-22(27)15-31-25(21)13-23(19)28/h3-9,12-13,15-16,18H,10-11,14H2,1-2H3,(H,32,33)/q-1/b20-9-,29-3?. The van der Waals surface area contributed by atoms with Gasteiger partial charge >= 0.3 is 0 Å². The number of aliphatic imine (C=N–C) groups is 2. The zero-order valence-corrected chi connectivity index (χ0v) is 19.3. The molecule has 5 nitrogen and oxygen atoms in total. The second-order valence-corrected chi connectivity index (χ2v) is 8.59. The molecule has 0 fully saturated rings. The maximum Gasteiger partial charge on any atom is 0.226 e. The molecule has 1 amide bonds. The van der Waals surface area contributed by atoms with Crippen LogP contribution in [0.15, 0.2) is 75.7 Å². The highest BCUT2D eigenvalue weighted by atomic mass is 35.5. The lowest BCUT2D eigenvalue weighted by molar-refractivity contribution is -0.123. The predicted molar refractivity (Wildman–Crippen MR) is 132 cm³/mol. The number of allylic oxidation sites excluding steroid dienone is 5. The number of hydrogen-bond acceptors (Lipinski definition) is 3. The topological polar surface area (TPSA) is 67.9 Å². The van der Waals surface area contributed by atoms with Crippen molar-refractivity contribution in [3.8, 4) is 0 Å². The average molecular weight is 464 g/mol. The molecule has 1 aliphatic heterocycles.